The van der Waals surface area contributed by atoms with E-state index in [1.54, 1.807) is 6.92 Å². The number of halogens is 3. The molecule has 0 heterocycles. The lowest BCUT2D eigenvalue weighted by Gasteiger charge is -2.13. The molecule has 0 atom stereocenters. The van der Waals surface area contributed by atoms with Crippen LogP contribution in [0.15, 0.2) is 36.4 Å². The van der Waals surface area contributed by atoms with Crippen molar-refractivity contribution < 1.29 is 17.9 Å². The third kappa shape index (κ3) is 3.44. The van der Waals surface area contributed by atoms with Crippen molar-refractivity contribution in [2.75, 3.05) is 11.9 Å². The van der Waals surface area contributed by atoms with E-state index in [2.05, 4.69) is 5.32 Å². The van der Waals surface area contributed by atoms with Crippen LogP contribution in [-0.2, 0) is 6.54 Å². The number of hydrogen-bond acceptors (Lipinski definition) is 2. The van der Waals surface area contributed by atoms with Gasteiger partial charge in [0.15, 0.2) is 0 Å². The minimum absolute atomic E-state index is 0.0787. The fourth-order valence-electron chi connectivity index (χ4n) is 1.79. The second-order valence-corrected chi connectivity index (χ2v) is 4.16. The summed E-state index contributed by atoms with van der Waals surface area (Å²) in [4.78, 5) is 0. The summed E-state index contributed by atoms with van der Waals surface area (Å²) in [5.74, 6) is -1.09. The number of rotatable bonds is 5. The standard InChI is InChI=1S/C15H14F3NO/c1-2-20-15-8-12(17)4-6-14(15)19-9-10-7-11(16)3-5-13(10)18/h3-8,19H,2,9H2,1H3. The molecule has 0 amide bonds. The van der Waals surface area contributed by atoms with Gasteiger partial charge in [-0.1, -0.05) is 0 Å². The third-order valence-electron chi connectivity index (χ3n) is 2.72. The van der Waals surface area contributed by atoms with Gasteiger partial charge in [-0.25, -0.2) is 13.2 Å². The first kappa shape index (κ1) is 14.2. The monoisotopic (exact) mass is 281 g/mol. The quantitative estimate of drug-likeness (QED) is 0.890. The van der Waals surface area contributed by atoms with Gasteiger partial charge >= 0.3 is 0 Å². The molecular formula is C15H14F3NO. The highest BCUT2D eigenvalue weighted by molar-refractivity contribution is 5.56. The van der Waals surface area contributed by atoms with Crippen LogP contribution < -0.4 is 10.1 Å². The van der Waals surface area contributed by atoms with Gasteiger partial charge in [0.25, 0.3) is 0 Å². The highest BCUT2D eigenvalue weighted by Gasteiger charge is 2.08. The van der Waals surface area contributed by atoms with Crippen molar-refractivity contribution >= 4 is 5.69 Å². The van der Waals surface area contributed by atoms with Crippen molar-refractivity contribution in [3.63, 3.8) is 0 Å². The minimum atomic E-state index is -0.507. The van der Waals surface area contributed by atoms with Crippen LogP contribution in [0.1, 0.15) is 12.5 Å². The molecule has 2 aromatic carbocycles. The molecule has 20 heavy (non-hydrogen) atoms. The van der Waals surface area contributed by atoms with Crippen molar-refractivity contribution in [1.29, 1.82) is 0 Å². The third-order valence-corrected chi connectivity index (χ3v) is 2.72. The molecule has 2 rings (SSSR count). The zero-order chi connectivity index (χ0) is 14.5. The molecule has 2 nitrogen and oxygen atoms in total. The molecule has 0 radical (unpaired) electrons. The predicted molar refractivity (Wildman–Crippen MR) is 71.3 cm³/mol. The lowest BCUT2D eigenvalue weighted by Crippen LogP contribution is -2.05. The van der Waals surface area contributed by atoms with Crippen LogP contribution in [0.4, 0.5) is 18.9 Å². The molecule has 0 saturated carbocycles. The Morgan fingerprint density at radius 1 is 1.00 bits per heavy atom. The van der Waals surface area contributed by atoms with Crippen LogP contribution in [0.5, 0.6) is 5.75 Å². The van der Waals surface area contributed by atoms with Crippen molar-refractivity contribution in [3.05, 3.63) is 59.4 Å². The molecule has 5 heteroatoms. The molecule has 0 aromatic heterocycles. The molecule has 0 aliphatic rings. The molecule has 1 N–H and O–H groups in total. The summed E-state index contributed by atoms with van der Waals surface area (Å²) in [5, 5.41) is 2.91. The number of benzene rings is 2. The van der Waals surface area contributed by atoms with Gasteiger partial charge in [0.05, 0.1) is 12.3 Å². The maximum atomic E-state index is 13.5. The van der Waals surface area contributed by atoms with Gasteiger partial charge < -0.3 is 10.1 Å². The Balaban J connectivity index is 2.16. The Kier molecular flexibility index (Phi) is 4.50. The lowest BCUT2D eigenvalue weighted by atomic mass is 10.2. The van der Waals surface area contributed by atoms with Gasteiger partial charge in [-0.3, -0.25) is 0 Å². The zero-order valence-electron chi connectivity index (χ0n) is 10.9. The van der Waals surface area contributed by atoms with Crippen LogP contribution in [-0.4, -0.2) is 6.61 Å². The molecule has 2 aromatic rings. The number of ether oxygens (including phenoxy) is 1. The summed E-state index contributed by atoms with van der Waals surface area (Å²) in [7, 11) is 0. The first-order valence-electron chi connectivity index (χ1n) is 6.20. The summed E-state index contributed by atoms with van der Waals surface area (Å²) in [5.41, 5.74) is 0.716. The molecule has 0 bridgehead atoms. The highest BCUT2D eigenvalue weighted by atomic mass is 19.1. The van der Waals surface area contributed by atoms with Crippen molar-refractivity contribution in [2.24, 2.45) is 0 Å². The van der Waals surface area contributed by atoms with E-state index in [-0.39, 0.29) is 12.1 Å². The second-order valence-electron chi connectivity index (χ2n) is 4.16. The molecule has 0 saturated heterocycles. The Morgan fingerprint density at radius 3 is 2.45 bits per heavy atom. The summed E-state index contributed by atoms with van der Waals surface area (Å²) in [6, 6.07) is 7.26. The first-order valence-corrected chi connectivity index (χ1v) is 6.20. The van der Waals surface area contributed by atoms with E-state index in [1.807, 2.05) is 0 Å². The van der Waals surface area contributed by atoms with E-state index < -0.39 is 17.5 Å². The largest absolute Gasteiger partial charge is 0.492 e. The number of nitrogens with one attached hydrogen (secondary N) is 1. The van der Waals surface area contributed by atoms with Gasteiger partial charge in [0.2, 0.25) is 0 Å². The first-order chi connectivity index (χ1) is 9.60. The van der Waals surface area contributed by atoms with Gasteiger partial charge in [-0.15, -0.1) is 0 Å². The van der Waals surface area contributed by atoms with E-state index in [9.17, 15) is 13.2 Å². The normalized spacial score (nSPS) is 10.4. The SMILES string of the molecule is CCOc1cc(F)ccc1NCc1cc(F)ccc1F. The molecule has 106 valence electrons. The highest BCUT2D eigenvalue weighted by Crippen LogP contribution is 2.26. The molecule has 0 aliphatic carbocycles. The zero-order valence-corrected chi connectivity index (χ0v) is 10.9. The smallest absolute Gasteiger partial charge is 0.145 e. The van der Waals surface area contributed by atoms with Gasteiger partial charge in [-0.2, -0.15) is 0 Å². The average Bonchev–Trinajstić information content (AvgIpc) is 2.42. The van der Waals surface area contributed by atoms with Crippen LogP contribution in [0.3, 0.4) is 0 Å². The Bertz CT molecular complexity index is 602. The van der Waals surface area contributed by atoms with Crippen LogP contribution >= 0.6 is 0 Å². The summed E-state index contributed by atoms with van der Waals surface area (Å²) in [6.45, 7) is 2.24. The topological polar surface area (TPSA) is 21.3 Å². The van der Waals surface area contributed by atoms with E-state index in [0.29, 0.717) is 18.0 Å². The van der Waals surface area contributed by atoms with E-state index in [4.69, 9.17) is 4.74 Å². The van der Waals surface area contributed by atoms with E-state index in [0.717, 1.165) is 18.2 Å². The van der Waals surface area contributed by atoms with Gasteiger partial charge in [-0.05, 0) is 37.3 Å². The number of anilines is 1. The summed E-state index contributed by atoms with van der Waals surface area (Å²) < 4.78 is 45.0. The molecule has 0 unspecified atom stereocenters. The van der Waals surface area contributed by atoms with E-state index >= 15 is 0 Å². The fourth-order valence-corrected chi connectivity index (χ4v) is 1.79. The number of hydrogen-bond donors (Lipinski definition) is 1. The predicted octanol–water partition coefficient (Wildman–Crippen LogP) is 4.11. The Labute approximate surface area is 115 Å². The maximum Gasteiger partial charge on any atom is 0.145 e. The Morgan fingerprint density at radius 2 is 1.70 bits per heavy atom. The molecular weight excluding hydrogens is 267 g/mol. The minimum Gasteiger partial charge on any atom is -0.492 e. The average molecular weight is 281 g/mol. The van der Waals surface area contributed by atoms with Gasteiger partial charge in [0, 0.05) is 18.2 Å². The van der Waals surface area contributed by atoms with Crippen molar-refractivity contribution in [1.82, 2.24) is 0 Å². The lowest BCUT2D eigenvalue weighted by molar-refractivity contribution is 0.339. The van der Waals surface area contributed by atoms with Crippen molar-refractivity contribution in [3.8, 4) is 5.75 Å². The second kappa shape index (κ2) is 6.32. The Hall–Kier alpha value is -2.17. The van der Waals surface area contributed by atoms with Gasteiger partial charge in [0.1, 0.15) is 23.2 Å². The van der Waals surface area contributed by atoms with Crippen molar-refractivity contribution in [2.45, 2.75) is 13.5 Å². The van der Waals surface area contributed by atoms with Crippen LogP contribution in [0.2, 0.25) is 0 Å². The maximum absolute atomic E-state index is 13.5. The molecule has 0 aliphatic heterocycles. The molecule has 0 fully saturated rings. The summed E-state index contributed by atoms with van der Waals surface area (Å²) >= 11 is 0. The van der Waals surface area contributed by atoms with E-state index in [1.165, 1.54) is 18.2 Å². The molecule has 0 spiro atoms. The fraction of sp³-hybridized carbons (Fsp3) is 0.200. The summed E-state index contributed by atoms with van der Waals surface area (Å²) in [6.07, 6.45) is 0. The van der Waals surface area contributed by atoms with Crippen LogP contribution in [0, 0.1) is 17.5 Å². The van der Waals surface area contributed by atoms with Crippen LogP contribution in [0.25, 0.3) is 0 Å².